The van der Waals surface area contributed by atoms with Gasteiger partial charge in [-0.15, -0.1) is 0 Å². The molecule has 0 bridgehead atoms. The van der Waals surface area contributed by atoms with Gasteiger partial charge in [0.15, 0.2) is 9.84 Å². The lowest BCUT2D eigenvalue weighted by atomic mass is 10.0. The van der Waals surface area contributed by atoms with Crippen LogP contribution in [0.4, 0.5) is 5.69 Å². The zero-order chi connectivity index (χ0) is 17.3. The van der Waals surface area contributed by atoms with E-state index in [-0.39, 0.29) is 22.2 Å². The lowest BCUT2D eigenvalue weighted by molar-refractivity contribution is -0.384. The molecule has 1 amide bonds. The number of amides is 1. The first kappa shape index (κ1) is 17.4. The number of sulfone groups is 1. The standard InChI is InChI=1S/C14H15ClN2O5S/c1-14(6-7-23(21,22)9-14)16-13(18)5-3-10-2-4-11(15)12(8-10)17(19)20/h2-5,8H,6-7,9H2,1H3,(H,16,18). The molecule has 0 aromatic heterocycles. The molecule has 9 heteroatoms. The number of carbonyl (C=O) groups is 1. The van der Waals surface area contributed by atoms with Crippen molar-refractivity contribution in [2.45, 2.75) is 18.9 Å². The number of halogens is 1. The van der Waals surface area contributed by atoms with Gasteiger partial charge in [-0.3, -0.25) is 14.9 Å². The van der Waals surface area contributed by atoms with Gasteiger partial charge >= 0.3 is 0 Å². The van der Waals surface area contributed by atoms with Crippen molar-refractivity contribution in [1.29, 1.82) is 0 Å². The number of hydrogen-bond acceptors (Lipinski definition) is 5. The highest BCUT2D eigenvalue weighted by Crippen LogP contribution is 2.26. The number of nitro benzene ring substituents is 1. The molecule has 0 aliphatic carbocycles. The van der Waals surface area contributed by atoms with Crippen LogP contribution in [0, 0.1) is 10.1 Å². The van der Waals surface area contributed by atoms with Crippen molar-refractivity contribution in [3.05, 3.63) is 45.0 Å². The van der Waals surface area contributed by atoms with E-state index in [1.807, 2.05) is 0 Å². The van der Waals surface area contributed by atoms with Crippen molar-refractivity contribution in [1.82, 2.24) is 5.32 Å². The molecular formula is C14H15ClN2O5S. The van der Waals surface area contributed by atoms with Crippen LogP contribution in [0.2, 0.25) is 5.02 Å². The van der Waals surface area contributed by atoms with Crippen molar-refractivity contribution in [3.8, 4) is 0 Å². The predicted octanol–water partition coefficient (Wildman–Crippen LogP) is 1.95. The Bertz CT molecular complexity index is 790. The van der Waals surface area contributed by atoms with Crippen LogP contribution >= 0.6 is 11.6 Å². The van der Waals surface area contributed by atoms with E-state index in [0.29, 0.717) is 12.0 Å². The fraction of sp³-hybridized carbons (Fsp3) is 0.357. The molecule has 0 saturated carbocycles. The normalized spacial score (nSPS) is 23.0. The summed E-state index contributed by atoms with van der Waals surface area (Å²) in [7, 11) is -3.11. The number of carbonyl (C=O) groups excluding carboxylic acids is 1. The van der Waals surface area contributed by atoms with Crippen molar-refractivity contribution < 1.29 is 18.1 Å². The number of nitro groups is 1. The summed E-state index contributed by atoms with van der Waals surface area (Å²) in [6.07, 6.45) is 2.98. The molecule has 0 radical (unpaired) electrons. The number of hydrogen-bond donors (Lipinski definition) is 1. The second kappa shape index (κ2) is 6.29. The maximum absolute atomic E-state index is 11.9. The SMILES string of the molecule is CC1(NC(=O)C=Cc2ccc(Cl)c([N+](=O)[O-])c2)CCS(=O)(=O)C1. The maximum Gasteiger partial charge on any atom is 0.288 e. The third-order valence-corrected chi connectivity index (χ3v) is 5.75. The molecule has 1 unspecified atom stereocenters. The lowest BCUT2D eigenvalue weighted by Crippen LogP contribution is -2.46. The second-order valence-corrected chi connectivity index (χ2v) is 8.28. The largest absolute Gasteiger partial charge is 0.346 e. The minimum atomic E-state index is -3.11. The summed E-state index contributed by atoms with van der Waals surface area (Å²) < 4.78 is 23.0. The molecule has 124 valence electrons. The Labute approximate surface area is 138 Å². The average molecular weight is 359 g/mol. The summed E-state index contributed by atoms with van der Waals surface area (Å²) >= 11 is 5.71. The number of nitrogens with zero attached hydrogens (tertiary/aromatic N) is 1. The fourth-order valence-electron chi connectivity index (χ4n) is 2.39. The molecule has 1 aliphatic heterocycles. The molecule has 23 heavy (non-hydrogen) atoms. The van der Waals surface area contributed by atoms with Gasteiger partial charge in [0, 0.05) is 12.1 Å². The molecule has 1 aliphatic rings. The van der Waals surface area contributed by atoms with E-state index >= 15 is 0 Å². The van der Waals surface area contributed by atoms with Crippen molar-refractivity contribution in [2.75, 3.05) is 11.5 Å². The van der Waals surface area contributed by atoms with Gasteiger partial charge in [0.1, 0.15) is 5.02 Å². The van der Waals surface area contributed by atoms with Crippen LogP contribution in [0.1, 0.15) is 18.9 Å². The minimum Gasteiger partial charge on any atom is -0.346 e. The first-order chi connectivity index (χ1) is 10.6. The summed E-state index contributed by atoms with van der Waals surface area (Å²) in [6.45, 7) is 1.68. The zero-order valence-corrected chi connectivity index (χ0v) is 13.9. The lowest BCUT2D eigenvalue weighted by Gasteiger charge is -2.22. The number of nitrogens with one attached hydrogen (secondary N) is 1. The van der Waals surface area contributed by atoms with E-state index in [4.69, 9.17) is 11.6 Å². The average Bonchev–Trinajstić information content (AvgIpc) is 2.71. The summed E-state index contributed by atoms with van der Waals surface area (Å²) in [4.78, 5) is 22.1. The second-order valence-electron chi connectivity index (χ2n) is 5.69. The third-order valence-electron chi connectivity index (χ3n) is 3.52. The van der Waals surface area contributed by atoms with Crippen LogP contribution in [0.15, 0.2) is 24.3 Å². The molecular weight excluding hydrogens is 344 g/mol. The van der Waals surface area contributed by atoms with E-state index in [1.165, 1.54) is 24.3 Å². The van der Waals surface area contributed by atoms with Gasteiger partial charge in [-0.05, 0) is 31.1 Å². The van der Waals surface area contributed by atoms with Gasteiger partial charge in [0.2, 0.25) is 5.91 Å². The predicted molar refractivity (Wildman–Crippen MR) is 87.0 cm³/mol. The van der Waals surface area contributed by atoms with Crippen LogP contribution in [-0.2, 0) is 14.6 Å². The molecule has 1 aromatic rings. The molecule has 1 fully saturated rings. The van der Waals surface area contributed by atoms with Gasteiger partial charge in [-0.25, -0.2) is 8.42 Å². The van der Waals surface area contributed by atoms with Gasteiger partial charge in [0.05, 0.1) is 22.0 Å². The first-order valence-electron chi connectivity index (χ1n) is 6.75. The van der Waals surface area contributed by atoms with Gasteiger partial charge in [-0.1, -0.05) is 17.7 Å². The van der Waals surface area contributed by atoms with Crippen LogP contribution in [0.5, 0.6) is 0 Å². The Kier molecular flexibility index (Phi) is 4.76. The summed E-state index contributed by atoms with van der Waals surface area (Å²) in [5.41, 5.74) is -0.588. The number of rotatable bonds is 4. The molecule has 0 spiro atoms. The van der Waals surface area contributed by atoms with E-state index in [1.54, 1.807) is 13.0 Å². The fourth-order valence-corrected chi connectivity index (χ4v) is 4.67. The molecule has 1 aromatic carbocycles. The Balaban J connectivity index is 2.07. The third kappa shape index (κ3) is 4.52. The Morgan fingerprint density at radius 1 is 1.48 bits per heavy atom. The molecule has 1 saturated heterocycles. The van der Waals surface area contributed by atoms with Crippen molar-refractivity contribution in [2.24, 2.45) is 0 Å². The van der Waals surface area contributed by atoms with E-state index in [9.17, 15) is 23.3 Å². The molecule has 1 N–H and O–H groups in total. The maximum atomic E-state index is 11.9. The molecule has 7 nitrogen and oxygen atoms in total. The monoisotopic (exact) mass is 358 g/mol. The van der Waals surface area contributed by atoms with Crippen LogP contribution in [-0.4, -0.2) is 36.3 Å². The zero-order valence-electron chi connectivity index (χ0n) is 12.3. The quantitative estimate of drug-likeness (QED) is 0.503. The number of benzene rings is 1. The highest BCUT2D eigenvalue weighted by Gasteiger charge is 2.39. The Morgan fingerprint density at radius 3 is 2.74 bits per heavy atom. The molecule has 2 rings (SSSR count). The topological polar surface area (TPSA) is 106 Å². The smallest absolute Gasteiger partial charge is 0.288 e. The summed E-state index contributed by atoms with van der Waals surface area (Å²) in [5.74, 6) is -0.495. The summed E-state index contributed by atoms with van der Waals surface area (Å²) in [6, 6.07) is 4.18. The van der Waals surface area contributed by atoms with E-state index in [0.717, 1.165) is 0 Å². The van der Waals surface area contributed by atoms with Crippen molar-refractivity contribution >= 4 is 39.1 Å². The van der Waals surface area contributed by atoms with Crippen LogP contribution < -0.4 is 5.32 Å². The highest BCUT2D eigenvalue weighted by atomic mass is 35.5. The Hall–Kier alpha value is -1.93. The first-order valence-corrected chi connectivity index (χ1v) is 8.95. The minimum absolute atomic E-state index is 0.0141. The molecule has 1 atom stereocenters. The van der Waals surface area contributed by atoms with Gasteiger partial charge in [-0.2, -0.15) is 0 Å². The van der Waals surface area contributed by atoms with E-state index in [2.05, 4.69) is 5.32 Å². The summed E-state index contributed by atoms with van der Waals surface area (Å²) in [5, 5.41) is 13.5. The Morgan fingerprint density at radius 2 is 2.17 bits per heavy atom. The van der Waals surface area contributed by atoms with Crippen LogP contribution in [0.25, 0.3) is 6.08 Å². The highest BCUT2D eigenvalue weighted by molar-refractivity contribution is 7.91. The van der Waals surface area contributed by atoms with Gasteiger partial charge < -0.3 is 5.32 Å². The van der Waals surface area contributed by atoms with Gasteiger partial charge in [0.25, 0.3) is 5.69 Å². The van der Waals surface area contributed by atoms with Crippen LogP contribution in [0.3, 0.4) is 0 Å². The molecule has 1 heterocycles. The van der Waals surface area contributed by atoms with Crippen molar-refractivity contribution in [3.63, 3.8) is 0 Å². The van der Waals surface area contributed by atoms with E-state index < -0.39 is 26.2 Å².